The smallest absolute Gasteiger partial charge is 0.159 e. The first-order valence-electron chi connectivity index (χ1n) is 8.13. The lowest BCUT2D eigenvalue weighted by atomic mass is 9.92. The van der Waals surface area contributed by atoms with Gasteiger partial charge in [0.25, 0.3) is 0 Å². The molecule has 2 radical (unpaired) electrons. The van der Waals surface area contributed by atoms with Gasteiger partial charge in [0.05, 0.1) is 29.0 Å². The van der Waals surface area contributed by atoms with E-state index < -0.39 is 11.6 Å². The minimum absolute atomic E-state index is 0.337. The summed E-state index contributed by atoms with van der Waals surface area (Å²) in [6.45, 7) is 11.2. The number of carbonyl (C=O) groups excluding carboxylic acids is 1. The van der Waals surface area contributed by atoms with Crippen LogP contribution in [-0.2, 0) is 4.79 Å². The van der Waals surface area contributed by atoms with Crippen LogP contribution in [0.5, 0.6) is 0 Å². The van der Waals surface area contributed by atoms with Gasteiger partial charge in [-0.2, -0.15) is 0 Å². The molecule has 0 saturated carbocycles. The van der Waals surface area contributed by atoms with Crippen molar-refractivity contribution in [3.8, 4) is 0 Å². The fourth-order valence-electron chi connectivity index (χ4n) is 2.41. The van der Waals surface area contributed by atoms with Crippen LogP contribution < -0.4 is 11.1 Å². The van der Waals surface area contributed by atoms with E-state index in [1.165, 1.54) is 6.07 Å². The summed E-state index contributed by atoms with van der Waals surface area (Å²) in [5, 5.41) is 3.03. The second-order valence-corrected chi connectivity index (χ2v) is 5.90. The molecule has 3 N–H and O–H groups in total. The van der Waals surface area contributed by atoms with Crippen LogP contribution in [0.3, 0.4) is 0 Å². The maximum Gasteiger partial charge on any atom is 0.159 e. The molecule has 0 bridgehead atoms. The van der Waals surface area contributed by atoms with Crippen LogP contribution in [0, 0.1) is 18.6 Å². The SMILES string of the molecule is C=O.[B]/C(C)=C(/N=C(C)NC(=C)c1ncc(N)cc1C)c1ccc(F)c(F)c1. The van der Waals surface area contributed by atoms with Crippen molar-refractivity contribution in [2.75, 3.05) is 5.73 Å². The number of halogens is 2. The first kappa shape index (κ1) is 22.8. The monoisotopic (exact) mass is 382 g/mol. The van der Waals surface area contributed by atoms with E-state index in [1.54, 1.807) is 26.1 Å². The molecule has 0 unspecified atom stereocenters. The van der Waals surface area contributed by atoms with E-state index in [0.29, 0.717) is 39.6 Å². The Morgan fingerprint density at radius 2 is 1.86 bits per heavy atom. The van der Waals surface area contributed by atoms with Gasteiger partial charge in [0.1, 0.15) is 20.5 Å². The fourth-order valence-corrected chi connectivity index (χ4v) is 2.41. The molecule has 8 heteroatoms. The minimum atomic E-state index is -0.965. The molecule has 0 fully saturated rings. The largest absolute Gasteiger partial charge is 0.397 e. The maximum absolute atomic E-state index is 13.5. The molecule has 5 nitrogen and oxygen atoms in total. The van der Waals surface area contributed by atoms with Crippen molar-refractivity contribution in [3.63, 3.8) is 0 Å². The third-order valence-electron chi connectivity index (χ3n) is 3.56. The Labute approximate surface area is 164 Å². The highest BCUT2D eigenvalue weighted by molar-refractivity contribution is 6.25. The number of hydrogen-bond donors (Lipinski definition) is 2. The quantitative estimate of drug-likeness (QED) is 0.481. The number of carbonyl (C=O) groups is 1. The summed E-state index contributed by atoms with van der Waals surface area (Å²) in [7, 11) is 5.87. The van der Waals surface area contributed by atoms with Crippen LogP contribution in [0.1, 0.15) is 30.7 Å². The molecule has 1 aromatic heterocycles. The van der Waals surface area contributed by atoms with Gasteiger partial charge in [0.15, 0.2) is 11.6 Å². The van der Waals surface area contributed by atoms with Gasteiger partial charge in [-0.3, -0.25) is 4.98 Å². The van der Waals surface area contributed by atoms with Gasteiger partial charge in [-0.25, -0.2) is 13.8 Å². The van der Waals surface area contributed by atoms with E-state index in [9.17, 15) is 8.78 Å². The van der Waals surface area contributed by atoms with E-state index in [4.69, 9.17) is 18.4 Å². The van der Waals surface area contributed by atoms with E-state index in [1.807, 2.05) is 13.7 Å². The van der Waals surface area contributed by atoms with Gasteiger partial charge >= 0.3 is 0 Å². The predicted octanol–water partition coefficient (Wildman–Crippen LogP) is 3.60. The molecule has 28 heavy (non-hydrogen) atoms. The number of allylic oxidation sites excluding steroid dienone is 1. The molecule has 144 valence electrons. The number of nitrogen functional groups attached to an aromatic ring is 1. The lowest BCUT2D eigenvalue weighted by Crippen LogP contribution is -2.19. The zero-order valence-corrected chi connectivity index (χ0v) is 16.0. The van der Waals surface area contributed by atoms with Gasteiger partial charge in [-0.1, -0.05) is 19.0 Å². The molecule has 0 amide bonds. The molecule has 0 aliphatic carbocycles. The van der Waals surface area contributed by atoms with Crippen molar-refractivity contribution in [2.24, 2.45) is 4.99 Å². The van der Waals surface area contributed by atoms with E-state index in [2.05, 4.69) is 21.9 Å². The number of nitrogens with two attached hydrogens (primary N) is 1. The number of rotatable bonds is 4. The van der Waals surface area contributed by atoms with E-state index in [-0.39, 0.29) is 0 Å². The molecule has 0 saturated heterocycles. The highest BCUT2D eigenvalue weighted by Crippen LogP contribution is 2.22. The number of nitrogens with one attached hydrogen (secondary N) is 1. The molecule has 2 rings (SSSR count). The van der Waals surface area contributed by atoms with Crippen molar-refractivity contribution >= 4 is 37.6 Å². The molecule has 0 atom stereocenters. The van der Waals surface area contributed by atoms with Crippen LogP contribution >= 0.6 is 0 Å². The van der Waals surface area contributed by atoms with E-state index in [0.717, 1.165) is 17.7 Å². The highest BCUT2D eigenvalue weighted by atomic mass is 19.2. The predicted molar refractivity (Wildman–Crippen MR) is 110 cm³/mol. The first-order chi connectivity index (χ1) is 13.2. The molecule has 0 spiro atoms. The second kappa shape index (κ2) is 10.2. The van der Waals surface area contributed by atoms with Gasteiger partial charge in [-0.15, -0.1) is 0 Å². The number of pyridine rings is 1. The van der Waals surface area contributed by atoms with Gasteiger partial charge in [0.2, 0.25) is 0 Å². The van der Waals surface area contributed by atoms with Crippen molar-refractivity contribution in [3.05, 3.63) is 71.0 Å². The van der Waals surface area contributed by atoms with Crippen molar-refractivity contribution in [2.45, 2.75) is 20.8 Å². The third-order valence-corrected chi connectivity index (χ3v) is 3.56. The summed E-state index contributed by atoms with van der Waals surface area (Å²) in [6.07, 6.45) is 1.54. The van der Waals surface area contributed by atoms with Gasteiger partial charge in [-0.05, 0) is 43.7 Å². The molecule has 2 aromatic rings. The summed E-state index contributed by atoms with van der Waals surface area (Å²) in [5.74, 6) is -1.43. The van der Waals surface area contributed by atoms with E-state index >= 15 is 0 Å². The number of amidine groups is 1. The summed E-state index contributed by atoms with van der Waals surface area (Å²) in [6, 6.07) is 5.30. The van der Waals surface area contributed by atoms with Crippen LogP contribution in [-0.4, -0.2) is 25.5 Å². The van der Waals surface area contributed by atoms with Crippen LogP contribution in [0.4, 0.5) is 14.5 Å². The lowest BCUT2D eigenvalue weighted by molar-refractivity contribution is -0.0979. The molecule has 0 aliphatic heterocycles. The number of aliphatic imine (C=N–C) groups is 1. The minimum Gasteiger partial charge on any atom is -0.397 e. The Balaban J connectivity index is 0.00000190. The molecule has 1 aromatic carbocycles. The Morgan fingerprint density at radius 3 is 2.39 bits per heavy atom. The standard InChI is InChI=1S/C19H19BF2N4.CH2O/c1-10-7-15(23)9-24-18(10)12(3)25-13(4)26-19(11(2)20)14-5-6-16(21)17(22)8-14;1-2/h5-9H,3,23H2,1-2,4H3,(H,25,26);1H2/b19-11+;. The Bertz CT molecular complexity index is 938. The van der Waals surface area contributed by atoms with Crippen molar-refractivity contribution in [1.82, 2.24) is 10.3 Å². The summed E-state index contributed by atoms with van der Waals surface area (Å²) < 4.78 is 26.7. The number of hydrogen-bond acceptors (Lipinski definition) is 4. The number of aromatic nitrogens is 1. The average molecular weight is 382 g/mol. The summed E-state index contributed by atoms with van der Waals surface area (Å²) >= 11 is 0. The molecular formula is C20H21BF2N4O. The number of aryl methyl sites for hydroxylation is 1. The normalized spacial score (nSPS) is 11.8. The Kier molecular flexibility index (Phi) is 8.25. The van der Waals surface area contributed by atoms with Gasteiger partial charge in [0, 0.05) is 5.56 Å². The molecule has 1 heterocycles. The average Bonchev–Trinajstić information content (AvgIpc) is 2.63. The number of benzene rings is 1. The molecule has 0 aliphatic rings. The Morgan fingerprint density at radius 1 is 1.21 bits per heavy atom. The van der Waals surface area contributed by atoms with Crippen molar-refractivity contribution < 1.29 is 13.6 Å². The first-order valence-corrected chi connectivity index (χ1v) is 8.13. The zero-order valence-electron chi connectivity index (χ0n) is 16.0. The number of nitrogens with zero attached hydrogens (tertiary/aromatic N) is 2. The second-order valence-electron chi connectivity index (χ2n) is 5.90. The summed E-state index contributed by atoms with van der Waals surface area (Å²) in [4.78, 5) is 16.6. The van der Waals surface area contributed by atoms with Crippen molar-refractivity contribution in [1.29, 1.82) is 0 Å². The third kappa shape index (κ3) is 5.87. The van der Waals surface area contributed by atoms with Crippen LogP contribution in [0.2, 0.25) is 0 Å². The van der Waals surface area contributed by atoms with Crippen LogP contribution in [0.15, 0.2) is 47.5 Å². The zero-order chi connectivity index (χ0) is 21.4. The number of anilines is 1. The van der Waals surface area contributed by atoms with Crippen LogP contribution in [0.25, 0.3) is 11.4 Å². The fraction of sp³-hybridized carbons (Fsp3) is 0.150. The molecular weight excluding hydrogens is 361 g/mol. The topological polar surface area (TPSA) is 80.4 Å². The maximum atomic E-state index is 13.5. The highest BCUT2D eigenvalue weighted by Gasteiger charge is 2.10. The van der Waals surface area contributed by atoms with Gasteiger partial charge < -0.3 is 15.8 Å². The summed E-state index contributed by atoms with van der Waals surface area (Å²) in [5.41, 5.74) is 9.38. The lowest BCUT2D eigenvalue weighted by Gasteiger charge is -2.13. The Hall–Kier alpha value is -3.29.